The zero-order chi connectivity index (χ0) is 18.4. The first-order valence-corrected chi connectivity index (χ1v) is 8.56. The van der Waals surface area contributed by atoms with E-state index in [-0.39, 0.29) is 5.91 Å². The van der Waals surface area contributed by atoms with E-state index in [0.717, 1.165) is 24.0 Å². The van der Waals surface area contributed by atoms with E-state index in [0.29, 0.717) is 42.6 Å². The molecule has 2 aromatic heterocycles. The maximum Gasteiger partial charge on any atom is 0.220 e. The fourth-order valence-corrected chi connectivity index (χ4v) is 2.79. The van der Waals surface area contributed by atoms with Crippen LogP contribution in [0.4, 0.5) is 23.3 Å². The molecule has 2 aromatic rings. The lowest BCUT2D eigenvalue weighted by Crippen LogP contribution is -2.27. The maximum absolute atomic E-state index is 11.8. The van der Waals surface area contributed by atoms with Gasteiger partial charge >= 0.3 is 0 Å². The van der Waals surface area contributed by atoms with Gasteiger partial charge in [0.2, 0.25) is 11.9 Å². The van der Waals surface area contributed by atoms with Gasteiger partial charge in [0.05, 0.1) is 0 Å². The number of unbranched alkanes of at least 4 members (excludes halogenated alkanes) is 1. The van der Waals surface area contributed by atoms with E-state index in [1.165, 1.54) is 0 Å². The van der Waals surface area contributed by atoms with Crippen molar-refractivity contribution in [3.05, 3.63) is 0 Å². The summed E-state index contributed by atoms with van der Waals surface area (Å²) in [7, 11) is 5.43. The van der Waals surface area contributed by atoms with E-state index in [4.69, 9.17) is 5.73 Å². The summed E-state index contributed by atoms with van der Waals surface area (Å²) in [5.41, 5.74) is 8.37. The molecular formula is C16H28N8O. The predicted molar refractivity (Wildman–Crippen MR) is 103 cm³/mol. The molecule has 0 unspecified atom stereocenters. The summed E-state index contributed by atoms with van der Waals surface area (Å²) in [5, 5.41) is 12.2. The molecule has 9 heteroatoms. The number of fused-ring (bicyclic) bond motifs is 1. The number of amides is 1. The Balaban J connectivity index is 2.34. The zero-order valence-electron chi connectivity index (χ0n) is 15.4. The SMILES string of the molecule is CCCCC(=O)NCCn1c(NC)nc2c(N)nc(NC)c(NC)c21. The molecule has 0 fully saturated rings. The van der Waals surface area contributed by atoms with Crippen LogP contribution >= 0.6 is 0 Å². The number of nitrogens with one attached hydrogen (secondary N) is 4. The molecule has 138 valence electrons. The van der Waals surface area contributed by atoms with Crippen molar-refractivity contribution in [2.45, 2.75) is 32.7 Å². The fraction of sp³-hybridized carbons (Fsp3) is 0.562. The van der Waals surface area contributed by atoms with E-state index in [1.807, 2.05) is 11.6 Å². The van der Waals surface area contributed by atoms with Crippen LogP contribution in [0.5, 0.6) is 0 Å². The Labute approximate surface area is 147 Å². The van der Waals surface area contributed by atoms with Crippen molar-refractivity contribution in [1.82, 2.24) is 19.9 Å². The molecule has 0 aromatic carbocycles. The molecule has 1 amide bonds. The molecule has 0 aliphatic carbocycles. The Hall–Kier alpha value is -2.71. The number of aromatic nitrogens is 3. The molecule has 6 N–H and O–H groups in total. The van der Waals surface area contributed by atoms with Crippen LogP contribution in [0.3, 0.4) is 0 Å². The topological polar surface area (TPSA) is 122 Å². The van der Waals surface area contributed by atoms with Gasteiger partial charge in [-0.05, 0) is 6.42 Å². The van der Waals surface area contributed by atoms with Gasteiger partial charge in [0.25, 0.3) is 0 Å². The average Bonchev–Trinajstić information content (AvgIpc) is 2.99. The molecule has 0 aliphatic heterocycles. The first-order valence-electron chi connectivity index (χ1n) is 8.56. The Morgan fingerprint density at radius 3 is 2.52 bits per heavy atom. The van der Waals surface area contributed by atoms with Crippen molar-refractivity contribution in [3.8, 4) is 0 Å². The van der Waals surface area contributed by atoms with Crippen LogP contribution in [-0.4, -0.2) is 48.1 Å². The molecule has 0 saturated heterocycles. The van der Waals surface area contributed by atoms with Crippen molar-refractivity contribution in [2.75, 3.05) is 49.4 Å². The quantitative estimate of drug-likeness (QED) is 0.465. The highest BCUT2D eigenvalue weighted by Gasteiger charge is 2.19. The number of carbonyl (C=O) groups is 1. The van der Waals surface area contributed by atoms with E-state index in [2.05, 4.69) is 38.2 Å². The van der Waals surface area contributed by atoms with Crippen LogP contribution in [0, 0.1) is 0 Å². The molecule has 0 saturated carbocycles. The van der Waals surface area contributed by atoms with Gasteiger partial charge in [-0.2, -0.15) is 0 Å². The lowest BCUT2D eigenvalue weighted by Gasteiger charge is -2.14. The summed E-state index contributed by atoms with van der Waals surface area (Å²) in [6, 6.07) is 0. The summed E-state index contributed by atoms with van der Waals surface area (Å²) in [6.45, 7) is 3.16. The number of rotatable bonds is 9. The lowest BCUT2D eigenvalue weighted by molar-refractivity contribution is -0.121. The minimum Gasteiger partial charge on any atom is -0.383 e. The second kappa shape index (κ2) is 8.41. The minimum absolute atomic E-state index is 0.0724. The van der Waals surface area contributed by atoms with Gasteiger partial charge in [-0.15, -0.1) is 0 Å². The third kappa shape index (κ3) is 3.86. The molecule has 0 spiro atoms. The smallest absolute Gasteiger partial charge is 0.220 e. The first kappa shape index (κ1) is 18.6. The molecule has 25 heavy (non-hydrogen) atoms. The van der Waals surface area contributed by atoms with Crippen molar-refractivity contribution in [3.63, 3.8) is 0 Å². The standard InChI is InChI=1S/C16H28N8O/c1-5-6-7-10(25)21-8-9-24-13-11(22-16(24)20-4)14(17)23-15(19-3)12(13)18-2/h18H,5-9H2,1-4H3,(H,20,22)(H,21,25)(H3,17,19,23). The van der Waals surface area contributed by atoms with Gasteiger partial charge in [-0.25, -0.2) is 9.97 Å². The Morgan fingerprint density at radius 2 is 1.92 bits per heavy atom. The second-order valence-corrected chi connectivity index (χ2v) is 5.71. The number of nitrogens with two attached hydrogens (primary N) is 1. The van der Waals surface area contributed by atoms with E-state index in [9.17, 15) is 4.79 Å². The number of nitrogen functional groups attached to an aromatic ring is 1. The zero-order valence-corrected chi connectivity index (χ0v) is 15.4. The normalized spacial score (nSPS) is 10.7. The third-order valence-corrected chi connectivity index (χ3v) is 4.04. The highest BCUT2D eigenvalue weighted by molar-refractivity contribution is 6.01. The van der Waals surface area contributed by atoms with Gasteiger partial charge in [-0.1, -0.05) is 13.3 Å². The highest BCUT2D eigenvalue weighted by Crippen LogP contribution is 2.34. The van der Waals surface area contributed by atoms with Gasteiger partial charge in [-0.3, -0.25) is 4.79 Å². The molecule has 0 aliphatic rings. The largest absolute Gasteiger partial charge is 0.383 e. The van der Waals surface area contributed by atoms with Gasteiger partial charge < -0.3 is 31.6 Å². The van der Waals surface area contributed by atoms with Crippen molar-refractivity contribution in [1.29, 1.82) is 0 Å². The van der Waals surface area contributed by atoms with Crippen LogP contribution in [0.25, 0.3) is 11.0 Å². The summed E-state index contributed by atoms with van der Waals surface area (Å²) in [5.74, 6) is 1.77. The molecule has 0 radical (unpaired) electrons. The Morgan fingerprint density at radius 1 is 1.16 bits per heavy atom. The predicted octanol–water partition coefficient (Wildman–Crippen LogP) is 1.45. The summed E-state index contributed by atoms with van der Waals surface area (Å²) in [6.07, 6.45) is 2.47. The average molecular weight is 348 g/mol. The van der Waals surface area contributed by atoms with Crippen LogP contribution in [0.15, 0.2) is 0 Å². The van der Waals surface area contributed by atoms with Gasteiger partial charge in [0.1, 0.15) is 16.7 Å². The Kier molecular flexibility index (Phi) is 6.26. The Bertz CT molecular complexity index is 740. The number of anilines is 4. The molecule has 0 bridgehead atoms. The van der Waals surface area contributed by atoms with E-state index in [1.54, 1.807) is 14.1 Å². The van der Waals surface area contributed by atoms with E-state index >= 15 is 0 Å². The molecule has 0 atom stereocenters. The van der Waals surface area contributed by atoms with Crippen LogP contribution < -0.4 is 27.0 Å². The number of pyridine rings is 1. The highest BCUT2D eigenvalue weighted by atomic mass is 16.1. The molecule has 2 rings (SSSR count). The van der Waals surface area contributed by atoms with Gasteiger partial charge in [0.15, 0.2) is 11.6 Å². The summed E-state index contributed by atoms with van der Waals surface area (Å²) in [4.78, 5) is 20.7. The van der Waals surface area contributed by atoms with Crippen molar-refractivity contribution >= 4 is 40.2 Å². The monoisotopic (exact) mass is 348 g/mol. The first-order chi connectivity index (χ1) is 12.1. The molecule has 9 nitrogen and oxygen atoms in total. The van der Waals surface area contributed by atoms with E-state index < -0.39 is 0 Å². The lowest BCUT2D eigenvalue weighted by atomic mass is 10.2. The van der Waals surface area contributed by atoms with Crippen LogP contribution in [-0.2, 0) is 11.3 Å². The van der Waals surface area contributed by atoms with Crippen molar-refractivity contribution < 1.29 is 4.79 Å². The number of hydrogen-bond donors (Lipinski definition) is 5. The maximum atomic E-state index is 11.8. The third-order valence-electron chi connectivity index (χ3n) is 4.04. The van der Waals surface area contributed by atoms with Crippen LogP contribution in [0.1, 0.15) is 26.2 Å². The molecular weight excluding hydrogens is 320 g/mol. The number of hydrogen-bond acceptors (Lipinski definition) is 7. The molecule has 2 heterocycles. The number of imidazole rings is 1. The minimum atomic E-state index is 0.0724. The number of nitrogens with zero attached hydrogens (tertiary/aromatic N) is 3. The summed E-state index contributed by atoms with van der Waals surface area (Å²) >= 11 is 0. The van der Waals surface area contributed by atoms with Crippen LogP contribution in [0.2, 0.25) is 0 Å². The number of carbonyl (C=O) groups excluding carboxylic acids is 1. The second-order valence-electron chi connectivity index (χ2n) is 5.71. The van der Waals surface area contributed by atoms with Crippen molar-refractivity contribution in [2.24, 2.45) is 0 Å². The van der Waals surface area contributed by atoms with Gasteiger partial charge in [0, 0.05) is 40.7 Å². The summed E-state index contributed by atoms with van der Waals surface area (Å²) < 4.78 is 2.00. The fourth-order valence-electron chi connectivity index (χ4n) is 2.79.